The van der Waals surface area contributed by atoms with Crippen molar-refractivity contribution in [2.45, 2.75) is 32.4 Å². The van der Waals surface area contributed by atoms with Gasteiger partial charge in [0.1, 0.15) is 5.60 Å². The highest BCUT2D eigenvalue weighted by molar-refractivity contribution is 9.10. The first-order chi connectivity index (χ1) is 7.03. The Labute approximate surface area is 98.4 Å². The third-order valence-electron chi connectivity index (χ3n) is 2.40. The van der Waals surface area contributed by atoms with Gasteiger partial charge in [0.2, 0.25) is 0 Å². The molecule has 1 unspecified atom stereocenters. The van der Waals surface area contributed by atoms with Gasteiger partial charge in [0.05, 0.1) is 16.4 Å². The predicted molar refractivity (Wildman–Crippen MR) is 61.7 cm³/mol. The first-order valence-electron chi connectivity index (χ1n) is 4.96. The second kappa shape index (κ2) is 5.09. The van der Waals surface area contributed by atoms with Crippen LogP contribution in [-0.2, 0) is 16.9 Å². The van der Waals surface area contributed by atoms with Gasteiger partial charge in [0.15, 0.2) is 0 Å². The van der Waals surface area contributed by atoms with E-state index >= 15 is 0 Å². The molecular formula is C10H17BrN2O2. The van der Waals surface area contributed by atoms with Crippen molar-refractivity contribution in [1.82, 2.24) is 9.78 Å². The third-order valence-corrected chi connectivity index (χ3v) is 2.98. The maximum absolute atomic E-state index is 10.3. The Morgan fingerprint density at radius 2 is 2.33 bits per heavy atom. The number of hydrogen-bond acceptors (Lipinski definition) is 3. The van der Waals surface area contributed by atoms with E-state index in [1.165, 1.54) is 0 Å². The van der Waals surface area contributed by atoms with E-state index in [9.17, 15) is 5.11 Å². The zero-order valence-electron chi connectivity index (χ0n) is 9.33. The minimum atomic E-state index is -0.915. The summed E-state index contributed by atoms with van der Waals surface area (Å²) in [6.07, 6.45) is 2.26. The summed E-state index contributed by atoms with van der Waals surface area (Å²) in [6, 6.07) is 0. The normalized spacial score (nSPS) is 15.3. The lowest BCUT2D eigenvalue weighted by atomic mass is 9.98. The molecule has 15 heavy (non-hydrogen) atoms. The molecule has 0 saturated heterocycles. The van der Waals surface area contributed by atoms with E-state index in [2.05, 4.69) is 21.0 Å². The van der Waals surface area contributed by atoms with Crippen LogP contribution in [0.3, 0.4) is 0 Å². The number of methoxy groups -OCH3 is 1. The Kier molecular flexibility index (Phi) is 4.31. The molecule has 1 N–H and O–H groups in total. The molecule has 0 aromatic carbocycles. The molecule has 5 heteroatoms. The molecule has 86 valence electrons. The lowest BCUT2D eigenvalue weighted by Gasteiger charge is -2.24. The number of ether oxygens (including phenoxy) is 1. The van der Waals surface area contributed by atoms with Crippen molar-refractivity contribution in [3.05, 3.63) is 16.4 Å². The van der Waals surface area contributed by atoms with Crippen molar-refractivity contribution in [3.8, 4) is 0 Å². The van der Waals surface area contributed by atoms with Gasteiger partial charge in [0, 0.05) is 26.7 Å². The maximum atomic E-state index is 10.3. The average molecular weight is 277 g/mol. The van der Waals surface area contributed by atoms with Gasteiger partial charge in [0.25, 0.3) is 0 Å². The first kappa shape index (κ1) is 12.7. The number of nitrogens with zero attached hydrogens (tertiary/aromatic N) is 2. The van der Waals surface area contributed by atoms with Crippen LogP contribution in [-0.4, -0.2) is 28.6 Å². The summed E-state index contributed by atoms with van der Waals surface area (Å²) in [6.45, 7) is 5.04. The van der Waals surface area contributed by atoms with Crippen LogP contribution in [0.4, 0.5) is 0 Å². The minimum absolute atomic E-state index is 0.522. The number of aromatic nitrogens is 2. The van der Waals surface area contributed by atoms with Crippen LogP contribution in [0.5, 0.6) is 0 Å². The van der Waals surface area contributed by atoms with Gasteiger partial charge in [-0.2, -0.15) is 5.10 Å². The van der Waals surface area contributed by atoms with E-state index in [4.69, 9.17) is 4.74 Å². The van der Waals surface area contributed by atoms with Gasteiger partial charge >= 0.3 is 0 Å². The Morgan fingerprint density at radius 1 is 1.67 bits per heavy atom. The van der Waals surface area contributed by atoms with Crippen molar-refractivity contribution in [2.75, 3.05) is 13.7 Å². The van der Waals surface area contributed by atoms with E-state index in [1.54, 1.807) is 24.9 Å². The maximum Gasteiger partial charge on any atom is 0.107 e. The van der Waals surface area contributed by atoms with E-state index < -0.39 is 5.60 Å². The fourth-order valence-electron chi connectivity index (χ4n) is 1.56. The Bertz CT molecular complexity index is 323. The molecule has 4 nitrogen and oxygen atoms in total. The average Bonchev–Trinajstić information content (AvgIpc) is 2.57. The van der Waals surface area contributed by atoms with Crippen LogP contribution in [0.1, 0.15) is 26.0 Å². The van der Waals surface area contributed by atoms with Crippen LogP contribution < -0.4 is 0 Å². The topological polar surface area (TPSA) is 47.3 Å². The molecule has 0 aliphatic heterocycles. The lowest BCUT2D eigenvalue weighted by Crippen LogP contribution is -2.27. The SMILES string of the molecule is CCn1ncc(Br)c1C(C)(O)CCOC. The van der Waals surface area contributed by atoms with Crippen molar-refractivity contribution in [1.29, 1.82) is 0 Å². The van der Waals surface area contributed by atoms with Crippen LogP contribution in [0.2, 0.25) is 0 Å². The fraction of sp³-hybridized carbons (Fsp3) is 0.700. The molecule has 1 atom stereocenters. The van der Waals surface area contributed by atoms with Crippen LogP contribution >= 0.6 is 15.9 Å². The standard InChI is InChI=1S/C10H17BrN2O2/c1-4-13-9(8(11)7-12-13)10(2,14)5-6-15-3/h7,14H,4-6H2,1-3H3. The number of rotatable bonds is 5. The second-order valence-electron chi connectivity index (χ2n) is 3.67. The Morgan fingerprint density at radius 3 is 2.87 bits per heavy atom. The smallest absolute Gasteiger partial charge is 0.107 e. The molecule has 1 aromatic rings. The molecule has 1 heterocycles. The van der Waals surface area contributed by atoms with E-state index in [-0.39, 0.29) is 0 Å². The van der Waals surface area contributed by atoms with Gasteiger partial charge in [-0.25, -0.2) is 0 Å². The monoisotopic (exact) mass is 276 g/mol. The van der Waals surface area contributed by atoms with Gasteiger partial charge in [-0.3, -0.25) is 4.68 Å². The number of aryl methyl sites for hydroxylation is 1. The molecule has 0 amide bonds. The van der Waals surface area contributed by atoms with Crippen molar-refractivity contribution in [2.24, 2.45) is 0 Å². The molecule has 0 fully saturated rings. The van der Waals surface area contributed by atoms with Crippen LogP contribution in [0, 0.1) is 0 Å². The summed E-state index contributed by atoms with van der Waals surface area (Å²) >= 11 is 3.40. The van der Waals surface area contributed by atoms with E-state index in [0.717, 1.165) is 16.7 Å². The van der Waals surface area contributed by atoms with Crippen molar-refractivity contribution < 1.29 is 9.84 Å². The Hall–Kier alpha value is -0.390. The first-order valence-corrected chi connectivity index (χ1v) is 5.75. The molecule has 0 aliphatic rings. The molecule has 0 spiro atoms. The van der Waals surface area contributed by atoms with Crippen molar-refractivity contribution in [3.63, 3.8) is 0 Å². The number of halogens is 1. The zero-order valence-corrected chi connectivity index (χ0v) is 10.9. The molecule has 1 aromatic heterocycles. The highest BCUT2D eigenvalue weighted by Gasteiger charge is 2.29. The van der Waals surface area contributed by atoms with Crippen LogP contribution in [0.25, 0.3) is 0 Å². The molecule has 0 aliphatic carbocycles. The highest BCUT2D eigenvalue weighted by atomic mass is 79.9. The zero-order chi connectivity index (χ0) is 11.5. The summed E-state index contributed by atoms with van der Waals surface area (Å²) in [4.78, 5) is 0. The summed E-state index contributed by atoms with van der Waals surface area (Å²) in [5.74, 6) is 0. The fourth-order valence-corrected chi connectivity index (χ4v) is 2.28. The molecule has 0 bridgehead atoms. The van der Waals surface area contributed by atoms with Crippen LogP contribution in [0.15, 0.2) is 10.7 Å². The van der Waals surface area contributed by atoms with E-state index in [0.29, 0.717) is 13.0 Å². The molecule has 1 rings (SSSR count). The quantitative estimate of drug-likeness (QED) is 0.894. The van der Waals surface area contributed by atoms with Crippen molar-refractivity contribution >= 4 is 15.9 Å². The lowest BCUT2D eigenvalue weighted by molar-refractivity contribution is 0.0129. The predicted octanol–water partition coefficient (Wildman–Crippen LogP) is 1.91. The summed E-state index contributed by atoms with van der Waals surface area (Å²) in [5, 5.41) is 14.5. The Balaban J connectivity index is 2.96. The van der Waals surface area contributed by atoms with Gasteiger partial charge < -0.3 is 9.84 Å². The van der Waals surface area contributed by atoms with E-state index in [1.807, 2.05) is 6.92 Å². The largest absolute Gasteiger partial charge is 0.385 e. The summed E-state index contributed by atoms with van der Waals surface area (Å²) < 4.78 is 7.61. The summed E-state index contributed by atoms with van der Waals surface area (Å²) in [5.41, 5.74) is -0.108. The third kappa shape index (κ3) is 2.80. The van der Waals surface area contributed by atoms with Gasteiger partial charge in [-0.15, -0.1) is 0 Å². The number of aliphatic hydroxyl groups is 1. The molecule has 0 saturated carbocycles. The highest BCUT2D eigenvalue weighted by Crippen LogP contribution is 2.30. The summed E-state index contributed by atoms with van der Waals surface area (Å²) in [7, 11) is 1.63. The second-order valence-corrected chi connectivity index (χ2v) is 4.53. The number of hydrogen-bond donors (Lipinski definition) is 1. The van der Waals surface area contributed by atoms with Gasteiger partial charge in [-0.1, -0.05) is 0 Å². The van der Waals surface area contributed by atoms with Gasteiger partial charge in [-0.05, 0) is 29.8 Å². The minimum Gasteiger partial charge on any atom is -0.385 e. The molecule has 0 radical (unpaired) electrons. The molecular weight excluding hydrogens is 260 g/mol.